The third kappa shape index (κ3) is 4.30. The summed E-state index contributed by atoms with van der Waals surface area (Å²) in [5.74, 6) is 1.17. The summed E-state index contributed by atoms with van der Waals surface area (Å²) in [6.45, 7) is 8.29. The smallest absolute Gasteiger partial charge is 0.295 e. The van der Waals surface area contributed by atoms with Crippen LogP contribution in [0, 0.1) is 0 Å². The second-order valence-corrected chi connectivity index (χ2v) is 10.2. The summed E-state index contributed by atoms with van der Waals surface area (Å²) in [4.78, 5) is -0.149. The van der Waals surface area contributed by atoms with E-state index in [1.54, 1.807) is 18.2 Å². The molecular formula is C30H27NO4S. The Morgan fingerprint density at radius 1 is 0.833 bits per heavy atom. The summed E-state index contributed by atoms with van der Waals surface area (Å²) in [5.41, 5.74) is 6.24. The summed E-state index contributed by atoms with van der Waals surface area (Å²) in [5, 5.41) is 5.09. The van der Waals surface area contributed by atoms with E-state index in [1.807, 2.05) is 36.4 Å². The second-order valence-electron chi connectivity index (χ2n) is 8.77. The zero-order chi connectivity index (χ0) is 25.4. The number of benzene rings is 4. The third-order valence-corrected chi connectivity index (χ3v) is 7.40. The van der Waals surface area contributed by atoms with E-state index in [4.69, 9.17) is 4.74 Å². The van der Waals surface area contributed by atoms with E-state index in [1.165, 1.54) is 17.2 Å². The maximum atomic E-state index is 12.2. The van der Waals surface area contributed by atoms with Crippen molar-refractivity contribution in [2.75, 3.05) is 5.32 Å². The number of rotatable bonds is 6. The minimum atomic E-state index is -4.45. The predicted octanol–water partition coefficient (Wildman–Crippen LogP) is 5.57. The van der Waals surface area contributed by atoms with E-state index >= 15 is 0 Å². The monoisotopic (exact) mass is 497 g/mol. The first-order valence-electron chi connectivity index (χ1n) is 11.9. The molecule has 0 amide bonds. The van der Waals surface area contributed by atoms with Crippen molar-refractivity contribution in [2.45, 2.75) is 31.6 Å². The van der Waals surface area contributed by atoms with Gasteiger partial charge in [-0.3, -0.25) is 4.55 Å². The van der Waals surface area contributed by atoms with E-state index in [9.17, 15) is 13.0 Å². The summed E-state index contributed by atoms with van der Waals surface area (Å²) in [6.07, 6.45) is 1.81. The highest BCUT2D eigenvalue weighted by atomic mass is 32.2. The van der Waals surface area contributed by atoms with Gasteiger partial charge in [-0.05, 0) is 53.5 Å². The number of fused-ring (bicyclic) bond motifs is 2. The molecule has 0 unspecified atom stereocenters. The molecule has 0 bridgehead atoms. The molecular weight excluding hydrogens is 470 g/mol. The van der Waals surface area contributed by atoms with E-state index in [2.05, 4.69) is 43.9 Å². The Kier molecular flexibility index (Phi) is 6.16. The highest BCUT2D eigenvalue weighted by Gasteiger charge is 2.25. The van der Waals surface area contributed by atoms with Crippen LogP contribution in [0.1, 0.15) is 36.1 Å². The Morgan fingerprint density at radius 2 is 1.56 bits per heavy atom. The Morgan fingerprint density at radius 3 is 2.25 bits per heavy atom. The number of hydrogen-bond donors (Lipinski definition) is 2. The first-order chi connectivity index (χ1) is 17.3. The molecule has 4 aromatic carbocycles. The van der Waals surface area contributed by atoms with Gasteiger partial charge in [-0.1, -0.05) is 69.0 Å². The quantitative estimate of drug-likeness (QED) is 0.300. The van der Waals surface area contributed by atoms with Crippen LogP contribution in [0.15, 0.2) is 83.8 Å². The van der Waals surface area contributed by atoms with Gasteiger partial charge in [-0.15, -0.1) is 0 Å². The molecule has 5 nitrogen and oxygen atoms in total. The van der Waals surface area contributed by atoms with Gasteiger partial charge in [0.1, 0.15) is 16.4 Å². The number of nitrogens with one attached hydrogen (secondary N) is 1. The van der Waals surface area contributed by atoms with Gasteiger partial charge in [-0.2, -0.15) is 8.42 Å². The van der Waals surface area contributed by atoms with Crippen LogP contribution < -0.4 is 20.5 Å². The van der Waals surface area contributed by atoms with Gasteiger partial charge in [0.2, 0.25) is 0 Å². The van der Waals surface area contributed by atoms with Crippen LogP contribution in [0.3, 0.4) is 0 Å². The van der Waals surface area contributed by atoms with Gasteiger partial charge in [0.25, 0.3) is 10.1 Å². The number of aryl methyl sites for hydroxylation is 2. The van der Waals surface area contributed by atoms with E-state index in [0.29, 0.717) is 22.6 Å². The van der Waals surface area contributed by atoms with Gasteiger partial charge in [0.15, 0.2) is 0 Å². The number of anilines is 2. The summed E-state index contributed by atoms with van der Waals surface area (Å²) in [6, 6.07) is 24.2. The predicted molar refractivity (Wildman–Crippen MR) is 144 cm³/mol. The minimum absolute atomic E-state index is 0.149. The molecule has 2 N–H and O–H groups in total. The second kappa shape index (κ2) is 9.30. The molecule has 0 saturated carbocycles. The maximum Gasteiger partial charge on any atom is 0.295 e. The Hall–Kier alpha value is -3.87. The Bertz CT molecular complexity index is 1690. The topological polar surface area (TPSA) is 75.6 Å². The molecule has 1 aliphatic heterocycles. The Balaban J connectivity index is 1.71. The normalized spacial score (nSPS) is 12.5. The van der Waals surface area contributed by atoms with Crippen LogP contribution >= 0.6 is 0 Å². The highest BCUT2D eigenvalue weighted by molar-refractivity contribution is 7.86. The van der Waals surface area contributed by atoms with Crippen LogP contribution in [0.4, 0.5) is 11.4 Å². The summed E-state index contributed by atoms with van der Waals surface area (Å²) < 4.78 is 40.8. The zero-order valence-corrected chi connectivity index (χ0v) is 21.0. The van der Waals surface area contributed by atoms with Crippen LogP contribution in [0.5, 0.6) is 11.5 Å². The average molecular weight is 498 g/mol. The molecule has 4 aromatic rings. The molecule has 0 radical (unpaired) electrons. The van der Waals surface area contributed by atoms with E-state index in [0.717, 1.165) is 40.2 Å². The fraction of sp³-hybridized carbons (Fsp3) is 0.133. The lowest BCUT2D eigenvalue weighted by molar-refractivity contribution is 0.471. The Labute approximate surface area is 211 Å². The molecule has 0 spiro atoms. The molecule has 0 aromatic heterocycles. The maximum absolute atomic E-state index is 12.2. The van der Waals surface area contributed by atoms with Crippen LogP contribution in [-0.4, -0.2) is 13.0 Å². The van der Waals surface area contributed by atoms with Crippen LogP contribution in [0.2, 0.25) is 0 Å². The number of hydrogen-bond acceptors (Lipinski definition) is 4. The van der Waals surface area contributed by atoms with Crippen molar-refractivity contribution in [3.05, 3.63) is 112 Å². The van der Waals surface area contributed by atoms with Gasteiger partial charge in [-0.25, -0.2) is 0 Å². The highest BCUT2D eigenvalue weighted by Crippen LogP contribution is 2.40. The standard InChI is InChI=1S/C30H27NO4S/c1-4-20-9-8-10-21(5-2)30(20)31-22-14-16-24-27(18-22)35-26-17-19(3)13-15-23(26)29(24)25-11-6-7-12-28(25)36(32,33)34/h6-18,31H,3-5H2,1-2H3,(H,32,33,34). The molecule has 5 rings (SSSR count). The first-order valence-corrected chi connectivity index (χ1v) is 13.3. The third-order valence-electron chi connectivity index (χ3n) is 6.49. The molecule has 6 heteroatoms. The SMILES string of the molecule is C=c1ccc2c(c1)Oc1cc(Nc3c(CC)cccc3CC)ccc1C=2c1ccccc1S(=O)(=O)O. The van der Waals surface area contributed by atoms with E-state index in [-0.39, 0.29) is 4.90 Å². The summed E-state index contributed by atoms with van der Waals surface area (Å²) in [7, 11) is -4.45. The molecule has 1 aliphatic rings. The average Bonchev–Trinajstić information content (AvgIpc) is 2.86. The molecule has 0 aliphatic carbocycles. The molecule has 182 valence electrons. The van der Waals surface area contributed by atoms with Crippen molar-refractivity contribution < 1.29 is 17.7 Å². The molecule has 1 heterocycles. The minimum Gasteiger partial charge on any atom is -0.456 e. The first kappa shape index (κ1) is 23.9. The van der Waals surface area contributed by atoms with Gasteiger partial charge in [0, 0.05) is 39.4 Å². The van der Waals surface area contributed by atoms with Gasteiger partial charge in [0.05, 0.1) is 0 Å². The van der Waals surface area contributed by atoms with Crippen molar-refractivity contribution >= 4 is 33.6 Å². The zero-order valence-electron chi connectivity index (χ0n) is 20.2. The van der Waals surface area contributed by atoms with Gasteiger partial charge >= 0.3 is 0 Å². The summed E-state index contributed by atoms with van der Waals surface area (Å²) >= 11 is 0. The van der Waals surface area contributed by atoms with Crippen LogP contribution in [-0.2, 0) is 23.0 Å². The van der Waals surface area contributed by atoms with E-state index < -0.39 is 10.1 Å². The fourth-order valence-corrected chi connectivity index (χ4v) is 5.45. The number of para-hydroxylation sites is 1. The molecule has 0 saturated heterocycles. The van der Waals surface area contributed by atoms with Crippen molar-refractivity contribution in [1.82, 2.24) is 0 Å². The number of ether oxygens (including phenoxy) is 1. The lowest BCUT2D eigenvalue weighted by atomic mass is 9.92. The van der Waals surface area contributed by atoms with Crippen molar-refractivity contribution in [3.8, 4) is 11.5 Å². The van der Waals surface area contributed by atoms with Crippen LogP contribution in [0.25, 0.3) is 12.2 Å². The van der Waals surface area contributed by atoms with Gasteiger partial charge < -0.3 is 10.1 Å². The lowest BCUT2D eigenvalue weighted by Gasteiger charge is -2.23. The molecule has 0 fully saturated rings. The molecule has 0 atom stereocenters. The fourth-order valence-electron chi connectivity index (χ4n) is 4.75. The molecule has 36 heavy (non-hydrogen) atoms. The lowest BCUT2D eigenvalue weighted by Crippen LogP contribution is -2.20. The van der Waals surface area contributed by atoms with Crippen molar-refractivity contribution in [3.63, 3.8) is 0 Å². The largest absolute Gasteiger partial charge is 0.456 e. The van der Waals surface area contributed by atoms with Crippen molar-refractivity contribution in [2.24, 2.45) is 0 Å². The van der Waals surface area contributed by atoms with Crippen molar-refractivity contribution in [1.29, 1.82) is 0 Å².